The van der Waals surface area contributed by atoms with Crippen molar-refractivity contribution in [2.24, 2.45) is 12.8 Å². The van der Waals surface area contributed by atoms with Crippen molar-refractivity contribution in [3.63, 3.8) is 0 Å². The first-order chi connectivity index (χ1) is 9.66. The van der Waals surface area contributed by atoms with Crippen LogP contribution in [0.25, 0.3) is 10.9 Å². The first-order valence-electron chi connectivity index (χ1n) is 6.74. The highest BCUT2D eigenvalue weighted by Crippen LogP contribution is 2.22. The molecule has 0 saturated heterocycles. The lowest BCUT2D eigenvalue weighted by atomic mass is 10.0. The number of rotatable bonds is 3. The summed E-state index contributed by atoms with van der Waals surface area (Å²) in [5.74, 6) is 0. The molecule has 3 rings (SSSR count). The zero-order valence-electron chi connectivity index (χ0n) is 11.7. The van der Waals surface area contributed by atoms with Gasteiger partial charge in [0.2, 0.25) is 0 Å². The highest BCUT2D eigenvalue weighted by Gasteiger charge is 2.15. The molecule has 0 spiro atoms. The van der Waals surface area contributed by atoms with Crippen LogP contribution in [0, 0.1) is 6.92 Å². The predicted octanol–water partition coefficient (Wildman–Crippen LogP) is 2.52. The van der Waals surface area contributed by atoms with Crippen LogP contribution in [0.4, 0.5) is 0 Å². The maximum absolute atomic E-state index is 6.32. The number of para-hydroxylation sites is 1. The van der Waals surface area contributed by atoms with Crippen LogP contribution in [0.3, 0.4) is 0 Å². The van der Waals surface area contributed by atoms with Crippen molar-refractivity contribution in [3.05, 3.63) is 59.5 Å². The topological polar surface area (TPSA) is 56.7 Å². The van der Waals surface area contributed by atoms with Gasteiger partial charge in [-0.1, -0.05) is 24.3 Å². The Kier molecular flexibility index (Phi) is 3.24. The summed E-state index contributed by atoms with van der Waals surface area (Å²) >= 11 is 0. The standard InChI is InChI=1S/C16H18N4/c1-11-6-5-9-18-16(11)13(17)10-14-12-7-3-4-8-15(12)20(2)19-14/h3-9,13H,10,17H2,1-2H3. The summed E-state index contributed by atoms with van der Waals surface area (Å²) in [5, 5.41) is 5.76. The monoisotopic (exact) mass is 266 g/mol. The normalized spacial score (nSPS) is 12.8. The summed E-state index contributed by atoms with van der Waals surface area (Å²) in [6.07, 6.45) is 2.48. The van der Waals surface area contributed by atoms with Crippen LogP contribution >= 0.6 is 0 Å². The van der Waals surface area contributed by atoms with Crippen molar-refractivity contribution in [2.45, 2.75) is 19.4 Å². The van der Waals surface area contributed by atoms with Crippen molar-refractivity contribution in [3.8, 4) is 0 Å². The number of nitrogens with two attached hydrogens (primary N) is 1. The molecule has 4 nitrogen and oxygen atoms in total. The molecule has 0 bridgehead atoms. The Labute approximate surface area is 118 Å². The molecule has 2 N–H and O–H groups in total. The quantitative estimate of drug-likeness (QED) is 0.792. The molecule has 1 aromatic carbocycles. The van der Waals surface area contributed by atoms with Gasteiger partial charge in [-0.25, -0.2) is 0 Å². The average molecular weight is 266 g/mol. The molecule has 0 aliphatic carbocycles. The molecule has 0 fully saturated rings. The highest BCUT2D eigenvalue weighted by atomic mass is 15.3. The second-order valence-corrected chi connectivity index (χ2v) is 5.10. The fourth-order valence-electron chi connectivity index (χ4n) is 2.63. The molecule has 1 unspecified atom stereocenters. The lowest BCUT2D eigenvalue weighted by Crippen LogP contribution is -2.16. The summed E-state index contributed by atoms with van der Waals surface area (Å²) in [6.45, 7) is 2.04. The zero-order chi connectivity index (χ0) is 14.1. The number of hydrogen-bond acceptors (Lipinski definition) is 3. The van der Waals surface area contributed by atoms with Gasteiger partial charge in [0.25, 0.3) is 0 Å². The van der Waals surface area contributed by atoms with Gasteiger partial charge < -0.3 is 5.73 Å². The van der Waals surface area contributed by atoms with Crippen molar-refractivity contribution in [1.82, 2.24) is 14.8 Å². The van der Waals surface area contributed by atoms with Crippen molar-refractivity contribution < 1.29 is 0 Å². The number of aromatic nitrogens is 3. The Bertz CT molecular complexity index is 745. The third-order valence-corrected chi connectivity index (χ3v) is 3.65. The Morgan fingerprint density at radius 3 is 2.80 bits per heavy atom. The Morgan fingerprint density at radius 1 is 1.20 bits per heavy atom. The minimum atomic E-state index is -0.130. The van der Waals surface area contributed by atoms with E-state index in [1.807, 2.05) is 42.9 Å². The second kappa shape index (κ2) is 5.06. The molecule has 0 aliphatic rings. The van der Waals surface area contributed by atoms with E-state index in [0.717, 1.165) is 22.5 Å². The molecule has 20 heavy (non-hydrogen) atoms. The van der Waals surface area contributed by atoms with Gasteiger partial charge in [-0.05, 0) is 24.6 Å². The Hall–Kier alpha value is -2.20. The van der Waals surface area contributed by atoms with E-state index >= 15 is 0 Å². The SMILES string of the molecule is Cc1cccnc1C(N)Cc1nn(C)c2ccccc12. The van der Waals surface area contributed by atoms with E-state index in [9.17, 15) is 0 Å². The molecule has 0 radical (unpaired) electrons. The molecule has 0 amide bonds. The van der Waals surface area contributed by atoms with Crippen molar-refractivity contribution in [1.29, 1.82) is 0 Å². The third kappa shape index (κ3) is 2.18. The van der Waals surface area contributed by atoms with Gasteiger partial charge in [-0.3, -0.25) is 9.67 Å². The van der Waals surface area contributed by atoms with Crippen molar-refractivity contribution in [2.75, 3.05) is 0 Å². The van der Waals surface area contributed by atoms with E-state index < -0.39 is 0 Å². The Morgan fingerprint density at radius 2 is 2.00 bits per heavy atom. The van der Waals surface area contributed by atoms with E-state index in [4.69, 9.17) is 5.73 Å². The van der Waals surface area contributed by atoms with E-state index in [0.29, 0.717) is 6.42 Å². The average Bonchev–Trinajstić information content (AvgIpc) is 2.76. The highest BCUT2D eigenvalue weighted by molar-refractivity contribution is 5.81. The maximum Gasteiger partial charge on any atom is 0.0722 e. The number of fused-ring (bicyclic) bond motifs is 1. The molecule has 102 valence electrons. The van der Waals surface area contributed by atoms with Crippen LogP contribution in [0.5, 0.6) is 0 Å². The number of hydrogen-bond donors (Lipinski definition) is 1. The van der Waals surface area contributed by atoms with Gasteiger partial charge in [-0.15, -0.1) is 0 Å². The van der Waals surface area contributed by atoms with Crippen LogP contribution in [0.15, 0.2) is 42.6 Å². The number of benzene rings is 1. The lowest BCUT2D eigenvalue weighted by molar-refractivity contribution is 0.661. The van der Waals surface area contributed by atoms with Crippen LogP contribution < -0.4 is 5.73 Å². The summed E-state index contributed by atoms with van der Waals surface area (Å²) in [4.78, 5) is 4.40. The predicted molar refractivity (Wildman–Crippen MR) is 80.3 cm³/mol. The lowest BCUT2D eigenvalue weighted by Gasteiger charge is -2.12. The molecule has 0 aliphatic heterocycles. The minimum absolute atomic E-state index is 0.130. The van der Waals surface area contributed by atoms with Crippen LogP contribution in [-0.2, 0) is 13.5 Å². The molecule has 1 atom stereocenters. The van der Waals surface area contributed by atoms with Crippen LogP contribution in [0.2, 0.25) is 0 Å². The fourth-order valence-corrected chi connectivity index (χ4v) is 2.63. The van der Waals surface area contributed by atoms with Gasteiger partial charge in [0.1, 0.15) is 0 Å². The number of pyridine rings is 1. The smallest absolute Gasteiger partial charge is 0.0722 e. The van der Waals surface area contributed by atoms with Gasteiger partial charge in [0.15, 0.2) is 0 Å². The maximum atomic E-state index is 6.32. The van der Waals surface area contributed by atoms with E-state index in [1.54, 1.807) is 6.20 Å². The van der Waals surface area contributed by atoms with Crippen LogP contribution in [0.1, 0.15) is 23.0 Å². The van der Waals surface area contributed by atoms with Gasteiger partial charge in [0, 0.05) is 25.1 Å². The largest absolute Gasteiger partial charge is 0.322 e. The summed E-state index contributed by atoms with van der Waals surface area (Å²) in [7, 11) is 1.96. The van der Waals surface area contributed by atoms with Gasteiger partial charge >= 0.3 is 0 Å². The summed E-state index contributed by atoms with van der Waals surface area (Å²) < 4.78 is 1.91. The first-order valence-corrected chi connectivity index (χ1v) is 6.74. The summed E-state index contributed by atoms with van der Waals surface area (Å²) in [5.41, 5.74) is 10.5. The molecule has 2 heterocycles. The third-order valence-electron chi connectivity index (χ3n) is 3.65. The van der Waals surface area contributed by atoms with E-state index in [1.165, 1.54) is 5.39 Å². The molecular weight excluding hydrogens is 248 g/mol. The number of aryl methyl sites for hydroxylation is 2. The van der Waals surface area contributed by atoms with Gasteiger partial charge in [-0.2, -0.15) is 5.10 Å². The van der Waals surface area contributed by atoms with E-state index in [-0.39, 0.29) is 6.04 Å². The molecular formula is C16H18N4. The zero-order valence-corrected chi connectivity index (χ0v) is 11.7. The molecule has 4 heteroatoms. The van der Waals surface area contributed by atoms with Gasteiger partial charge in [0.05, 0.1) is 22.9 Å². The van der Waals surface area contributed by atoms with Crippen LogP contribution in [-0.4, -0.2) is 14.8 Å². The second-order valence-electron chi connectivity index (χ2n) is 5.10. The summed E-state index contributed by atoms with van der Waals surface area (Å²) in [6, 6.07) is 12.1. The van der Waals surface area contributed by atoms with Crippen molar-refractivity contribution >= 4 is 10.9 Å². The molecule has 0 saturated carbocycles. The molecule has 3 aromatic rings. The number of nitrogens with zero attached hydrogens (tertiary/aromatic N) is 3. The van der Waals surface area contributed by atoms with E-state index in [2.05, 4.69) is 22.2 Å². The molecule has 2 aromatic heterocycles. The fraction of sp³-hybridized carbons (Fsp3) is 0.250. The minimum Gasteiger partial charge on any atom is -0.322 e. The first kappa shape index (κ1) is 12.8. The Balaban J connectivity index is 1.96.